The fourth-order valence-electron chi connectivity index (χ4n) is 4.00. The number of ether oxygens (including phenoxy) is 1. The van der Waals surface area contributed by atoms with Gasteiger partial charge in [-0.3, -0.25) is 14.4 Å². The molecule has 0 radical (unpaired) electrons. The van der Waals surface area contributed by atoms with Crippen LogP contribution in [-0.2, 0) is 22.7 Å². The average molecular weight is 532 g/mol. The van der Waals surface area contributed by atoms with Gasteiger partial charge in [0, 0.05) is 5.56 Å². The van der Waals surface area contributed by atoms with E-state index in [0.29, 0.717) is 22.0 Å². The van der Waals surface area contributed by atoms with Gasteiger partial charge in [-0.2, -0.15) is 0 Å². The van der Waals surface area contributed by atoms with E-state index in [4.69, 9.17) is 9.15 Å². The highest BCUT2D eigenvalue weighted by Gasteiger charge is 2.32. The van der Waals surface area contributed by atoms with Gasteiger partial charge in [-0.05, 0) is 42.1 Å². The van der Waals surface area contributed by atoms with Gasteiger partial charge in [-0.15, -0.1) is 11.3 Å². The number of hydrogen-bond donors (Lipinski definition) is 2. The Hall–Kier alpha value is -4.37. The van der Waals surface area contributed by atoms with Crippen LogP contribution in [0.1, 0.15) is 38.2 Å². The maximum absolute atomic E-state index is 13.7. The molecule has 196 valence electrons. The lowest BCUT2D eigenvalue weighted by atomic mass is 10.0. The summed E-state index contributed by atoms with van der Waals surface area (Å²) < 4.78 is 10.9. The molecule has 38 heavy (non-hydrogen) atoms. The van der Waals surface area contributed by atoms with Crippen molar-refractivity contribution in [3.63, 3.8) is 0 Å². The predicted octanol–water partition coefficient (Wildman–Crippen LogP) is 4.47. The number of hydrogen-bond acceptors (Lipinski definition) is 6. The molecule has 8 nitrogen and oxygen atoms in total. The first-order chi connectivity index (χ1) is 18.5. The summed E-state index contributed by atoms with van der Waals surface area (Å²) in [4.78, 5) is 41.9. The fraction of sp³-hybridized carbons (Fsp3) is 0.207. The topological polar surface area (TPSA) is 101 Å². The second-order valence-corrected chi connectivity index (χ2v) is 9.55. The maximum atomic E-state index is 13.7. The van der Waals surface area contributed by atoms with Crippen LogP contribution in [0.5, 0.6) is 5.75 Å². The zero-order valence-corrected chi connectivity index (χ0v) is 22.0. The molecule has 3 amide bonds. The highest BCUT2D eigenvalue weighted by molar-refractivity contribution is 7.12. The molecule has 0 aliphatic rings. The van der Waals surface area contributed by atoms with Gasteiger partial charge in [0.25, 0.3) is 5.91 Å². The van der Waals surface area contributed by atoms with Crippen LogP contribution in [0.25, 0.3) is 0 Å². The number of benzene rings is 2. The van der Waals surface area contributed by atoms with Crippen molar-refractivity contribution in [3.8, 4) is 5.75 Å². The van der Waals surface area contributed by atoms with Gasteiger partial charge < -0.3 is 24.7 Å². The SMILES string of the molecule is COc1ccccc1CN(C(=O)CNC(=O)c1cccs1)C(C(=O)NCc1ccco1)c1ccc(C)cc1. The van der Waals surface area contributed by atoms with Gasteiger partial charge >= 0.3 is 0 Å². The number of methoxy groups -OCH3 is 1. The summed E-state index contributed by atoms with van der Waals surface area (Å²) in [5.74, 6) is 0.0377. The number of carbonyl (C=O) groups is 3. The van der Waals surface area contributed by atoms with Crippen LogP contribution in [-0.4, -0.2) is 36.3 Å². The molecule has 0 aliphatic carbocycles. The molecule has 2 N–H and O–H groups in total. The van der Waals surface area contributed by atoms with Crippen LogP contribution >= 0.6 is 11.3 Å². The Morgan fingerprint density at radius 3 is 2.45 bits per heavy atom. The summed E-state index contributed by atoms with van der Waals surface area (Å²) in [7, 11) is 1.56. The van der Waals surface area contributed by atoms with Crippen molar-refractivity contribution in [1.82, 2.24) is 15.5 Å². The summed E-state index contributed by atoms with van der Waals surface area (Å²) >= 11 is 1.29. The van der Waals surface area contributed by atoms with Crippen molar-refractivity contribution in [2.45, 2.75) is 26.1 Å². The standard InChI is InChI=1S/C29H29N3O5S/c1-20-11-13-21(14-12-20)27(29(35)30-17-23-8-5-15-37-23)32(19-22-7-3-4-9-24(22)36-2)26(33)18-31-28(34)25-10-6-16-38-25/h3-16,27H,17-19H2,1-2H3,(H,30,35)(H,31,34). The van der Waals surface area contributed by atoms with E-state index in [2.05, 4.69) is 10.6 Å². The molecule has 9 heteroatoms. The summed E-state index contributed by atoms with van der Waals surface area (Å²) in [5.41, 5.74) is 2.39. The molecule has 0 saturated carbocycles. The summed E-state index contributed by atoms with van der Waals surface area (Å²) in [6.45, 7) is 1.93. The lowest BCUT2D eigenvalue weighted by Gasteiger charge is -2.32. The number of aryl methyl sites for hydroxylation is 1. The number of furan rings is 1. The Bertz CT molecular complexity index is 1350. The first-order valence-electron chi connectivity index (χ1n) is 12.1. The van der Waals surface area contributed by atoms with Gasteiger partial charge in [-0.25, -0.2) is 0 Å². The molecular weight excluding hydrogens is 502 g/mol. The third-order valence-electron chi connectivity index (χ3n) is 5.97. The molecule has 0 aliphatic heterocycles. The Balaban J connectivity index is 1.66. The van der Waals surface area contributed by atoms with Crippen molar-refractivity contribution in [2.24, 2.45) is 0 Å². The zero-order chi connectivity index (χ0) is 26.9. The molecule has 2 aromatic carbocycles. The largest absolute Gasteiger partial charge is 0.496 e. The van der Waals surface area contributed by atoms with Crippen molar-refractivity contribution >= 4 is 29.1 Å². The van der Waals surface area contributed by atoms with Gasteiger partial charge in [-0.1, -0.05) is 54.1 Å². The smallest absolute Gasteiger partial charge is 0.261 e. The Kier molecular flexibility index (Phi) is 8.94. The van der Waals surface area contributed by atoms with E-state index >= 15 is 0 Å². The minimum absolute atomic E-state index is 0.0877. The second kappa shape index (κ2) is 12.7. The summed E-state index contributed by atoms with van der Waals surface area (Å²) in [5, 5.41) is 7.38. The van der Waals surface area contributed by atoms with E-state index in [9.17, 15) is 14.4 Å². The Morgan fingerprint density at radius 2 is 1.76 bits per heavy atom. The number of amides is 3. The van der Waals surface area contributed by atoms with Gasteiger partial charge in [0.1, 0.15) is 17.6 Å². The lowest BCUT2D eigenvalue weighted by Crippen LogP contribution is -2.46. The lowest BCUT2D eigenvalue weighted by molar-refractivity contribution is -0.141. The first kappa shape index (κ1) is 26.7. The van der Waals surface area contributed by atoms with E-state index in [1.807, 2.05) is 49.4 Å². The quantitative estimate of drug-likeness (QED) is 0.297. The van der Waals surface area contributed by atoms with Crippen LogP contribution in [0.3, 0.4) is 0 Å². The molecule has 2 aromatic heterocycles. The molecule has 0 bridgehead atoms. The highest BCUT2D eigenvalue weighted by atomic mass is 32.1. The number of thiophene rings is 1. The molecule has 1 unspecified atom stereocenters. The number of nitrogens with one attached hydrogen (secondary N) is 2. The van der Waals surface area contributed by atoms with E-state index in [0.717, 1.165) is 11.1 Å². The second-order valence-electron chi connectivity index (χ2n) is 8.60. The van der Waals surface area contributed by atoms with E-state index < -0.39 is 11.9 Å². The third-order valence-corrected chi connectivity index (χ3v) is 6.84. The zero-order valence-electron chi connectivity index (χ0n) is 21.2. The normalized spacial score (nSPS) is 11.4. The minimum atomic E-state index is -0.971. The minimum Gasteiger partial charge on any atom is -0.496 e. The predicted molar refractivity (Wildman–Crippen MR) is 145 cm³/mol. The highest BCUT2D eigenvalue weighted by Crippen LogP contribution is 2.28. The molecule has 4 rings (SSSR count). The monoisotopic (exact) mass is 531 g/mol. The van der Waals surface area contributed by atoms with Crippen LogP contribution in [0.4, 0.5) is 0 Å². The number of nitrogens with zero attached hydrogens (tertiary/aromatic N) is 1. The van der Waals surface area contributed by atoms with Crippen molar-refractivity contribution < 1.29 is 23.5 Å². The summed E-state index contributed by atoms with van der Waals surface area (Å²) in [6, 6.07) is 20.8. The van der Waals surface area contributed by atoms with E-state index in [1.54, 1.807) is 42.8 Å². The van der Waals surface area contributed by atoms with Crippen molar-refractivity contribution in [1.29, 1.82) is 0 Å². The van der Waals surface area contributed by atoms with Crippen LogP contribution in [0, 0.1) is 6.92 Å². The first-order valence-corrected chi connectivity index (χ1v) is 12.9. The van der Waals surface area contributed by atoms with E-state index in [-0.39, 0.29) is 31.4 Å². The third kappa shape index (κ3) is 6.68. The Morgan fingerprint density at radius 1 is 0.974 bits per heavy atom. The summed E-state index contributed by atoms with van der Waals surface area (Å²) in [6.07, 6.45) is 1.53. The number of rotatable bonds is 11. The number of para-hydroxylation sites is 1. The van der Waals surface area contributed by atoms with Gasteiger partial charge in [0.05, 0.1) is 37.9 Å². The molecule has 0 fully saturated rings. The Labute approximate surface area is 225 Å². The van der Waals surface area contributed by atoms with Crippen molar-refractivity contribution in [2.75, 3.05) is 13.7 Å². The molecular formula is C29H29N3O5S. The van der Waals surface area contributed by atoms with Crippen molar-refractivity contribution in [3.05, 3.63) is 112 Å². The molecule has 0 saturated heterocycles. The molecule has 2 heterocycles. The van der Waals surface area contributed by atoms with Crippen LogP contribution in [0.15, 0.2) is 88.9 Å². The van der Waals surface area contributed by atoms with Gasteiger partial charge in [0.2, 0.25) is 11.8 Å². The maximum Gasteiger partial charge on any atom is 0.261 e. The fourth-order valence-corrected chi connectivity index (χ4v) is 4.64. The van der Waals surface area contributed by atoms with Crippen LogP contribution in [0.2, 0.25) is 0 Å². The average Bonchev–Trinajstić information content (AvgIpc) is 3.66. The molecule has 0 spiro atoms. The molecule has 1 atom stereocenters. The van der Waals surface area contributed by atoms with Crippen LogP contribution < -0.4 is 15.4 Å². The number of carbonyl (C=O) groups excluding carboxylic acids is 3. The van der Waals surface area contributed by atoms with Gasteiger partial charge in [0.15, 0.2) is 0 Å². The molecule has 4 aromatic rings. The van der Waals surface area contributed by atoms with E-state index in [1.165, 1.54) is 22.5 Å².